The Kier molecular flexibility index (Phi) is 3.13. The van der Waals surface area contributed by atoms with Crippen LogP contribution in [0.3, 0.4) is 0 Å². The maximum Gasteiger partial charge on any atom is 0.113 e. The molecule has 0 aliphatic rings. The molecule has 3 aromatic rings. The van der Waals surface area contributed by atoms with E-state index < -0.39 is 0 Å². The van der Waals surface area contributed by atoms with Crippen molar-refractivity contribution in [3.8, 4) is 11.3 Å². The molecule has 0 spiro atoms. The van der Waals surface area contributed by atoms with Crippen LogP contribution in [0, 0.1) is 0 Å². The Hall–Kier alpha value is -1.65. The Morgan fingerprint density at radius 3 is 3.06 bits per heavy atom. The lowest BCUT2D eigenvalue weighted by Crippen LogP contribution is -1.95. The molecular weight excluding hydrogens is 266 g/mol. The van der Waals surface area contributed by atoms with Crippen molar-refractivity contribution in [2.24, 2.45) is 0 Å². The van der Waals surface area contributed by atoms with Crippen LogP contribution in [0.15, 0.2) is 48.4 Å². The molecule has 0 aliphatic carbocycles. The van der Waals surface area contributed by atoms with Crippen molar-refractivity contribution in [3.63, 3.8) is 0 Å². The van der Waals surface area contributed by atoms with Gasteiger partial charge in [-0.05, 0) is 12.1 Å². The van der Waals surface area contributed by atoms with E-state index in [9.17, 15) is 0 Å². The predicted octanol–water partition coefficient (Wildman–Crippen LogP) is 3.71. The number of benzene rings is 1. The second-order valence-electron chi connectivity index (χ2n) is 3.87. The summed E-state index contributed by atoms with van der Waals surface area (Å²) >= 11 is 7.63. The summed E-state index contributed by atoms with van der Waals surface area (Å²) in [6, 6.07) is 7.75. The number of aromatic nitrogens is 3. The Balaban J connectivity index is 1.85. The molecule has 3 rings (SSSR count). The van der Waals surface area contributed by atoms with Crippen LogP contribution in [0.5, 0.6) is 0 Å². The molecule has 0 aliphatic heterocycles. The highest BCUT2D eigenvalue weighted by Gasteiger charge is 2.05. The summed E-state index contributed by atoms with van der Waals surface area (Å²) in [4.78, 5) is 8.63. The lowest BCUT2D eigenvalue weighted by atomic mass is 10.2. The van der Waals surface area contributed by atoms with Crippen LogP contribution in [0.25, 0.3) is 11.3 Å². The van der Waals surface area contributed by atoms with Crippen molar-refractivity contribution in [1.29, 1.82) is 0 Å². The number of hydrogen-bond donors (Lipinski definition) is 0. The molecule has 0 N–H and O–H groups in total. The lowest BCUT2D eigenvalue weighted by Gasteiger charge is -1.98. The van der Waals surface area contributed by atoms with E-state index in [0.29, 0.717) is 0 Å². The van der Waals surface area contributed by atoms with Crippen LogP contribution in [0.2, 0.25) is 5.02 Å². The average Bonchev–Trinajstić information content (AvgIpc) is 3.01. The third-order valence-electron chi connectivity index (χ3n) is 2.55. The largest absolute Gasteiger partial charge is 0.331 e. The zero-order chi connectivity index (χ0) is 12.4. The molecule has 2 aromatic heterocycles. The summed E-state index contributed by atoms with van der Waals surface area (Å²) in [7, 11) is 0. The number of nitrogens with zero attached hydrogens (tertiary/aromatic N) is 3. The third kappa shape index (κ3) is 2.44. The first-order valence-electron chi connectivity index (χ1n) is 5.47. The molecule has 5 heteroatoms. The van der Waals surface area contributed by atoms with Gasteiger partial charge in [0.05, 0.1) is 18.6 Å². The van der Waals surface area contributed by atoms with Gasteiger partial charge in [0, 0.05) is 28.4 Å². The van der Waals surface area contributed by atoms with E-state index >= 15 is 0 Å². The molecule has 0 bridgehead atoms. The van der Waals surface area contributed by atoms with Crippen LogP contribution in [-0.2, 0) is 6.54 Å². The van der Waals surface area contributed by atoms with Gasteiger partial charge in [-0.1, -0.05) is 23.7 Å². The van der Waals surface area contributed by atoms with Crippen LogP contribution in [0.1, 0.15) is 5.01 Å². The Bertz CT molecular complexity index is 646. The van der Waals surface area contributed by atoms with Crippen molar-refractivity contribution in [2.45, 2.75) is 6.54 Å². The molecule has 90 valence electrons. The summed E-state index contributed by atoms with van der Waals surface area (Å²) in [5.41, 5.74) is 2.02. The monoisotopic (exact) mass is 275 g/mol. The fourth-order valence-electron chi connectivity index (χ4n) is 1.70. The van der Waals surface area contributed by atoms with Crippen molar-refractivity contribution < 1.29 is 0 Å². The van der Waals surface area contributed by atoms with E-state index in [2.05, 4.69) is 15.3 Å². The first-order chi connectivity index (χ1) is 8.81. The highest BCUT2D eigenvalue weighted by molar-refractivity contribution is 7.09. The first kappa shape index (κ1) is 11.4. The molecule has 1 aromatic carbocycles. The smallest absolute Gasteiger partial charge is 0.113 e. The van der Waals surface area contributed by atoms with Crippen LogP contribution in [-0.4, -0.2) is 14.5 Å². The van der Waals surface area contributed by atoms with Gasteiger partial charge >= 0.3 is 0 Å². The maximum absolute atomic E-state index is 5.98. The fraction of sp³-hybridized carbons (Fsp3) is 0.0769. The fourth-order valence-corrected chi connectivity index (χ4v) is 2.70. The van der Waals surface area contributed by atoms with Gasteiger partial charge in [-0.2, -0.15) is 0 Å². The summed E-state index contributed by atoms with van der Waals surface area (Å²) in [6.45, 7) is 0.755. The molecule has 18 heavy (non-hydrogen) atoms. The highest BCUT2D eigenvalue weighted by Crippen LogP contribution is 2.24. The number of halogens is 1. The zero-order valence-electron chi connectivity index (χ0n) is 9.45. The second kappa shape index (κ2) is 4.92. The molecule has 0 saturated carbocycles. The summed E-state index contributed by atoms with van der Waals surface area (Å²) in [5.74, 6) is 0. The quantitative estimate of drug-likeness (QED) is 0.730. The Labute approximate surface area is 114 Å². The van der Waals surface area contributed by atoms with Gasteiger partial charge in [0.2, 0.25) is 0 Å². The zero-order valence-corrected chi connectivity index (χ0v) is 11.0. The number of hydrogen-bond acceptors (Lipinski definition) is 3. The van der Waals surface area contributed by atoms with E-state index in [4.69, 9.17) is 11.6 Å². The molecule has 0 atom stereocenters. The molecular formula is C13H10ClN3S. The number of rotatable bonds is 3. The number of imidazole rings is 1. The van der Waals surface area contributed by atoms with E-state index in [0.717, 1.165) is 27.8 Å². The van der Waals surface area contributed by atoms with Crippen molar-refractivity contribution in [1.82, 2.24) is 14.5 Å². The van der Waals surface area contributed by atoms with Gasteiger partial charge in [0.25, 0.3) is 0 Å². The summed E-state index contributed by atoms with van der Waals surface area (Å²) in [6.07, 6.45) is 5.49. The Morgan fingerprint density at radius 1 is 1.33 bits per heavy atom. The number of thiazole rings is 1. The minimum atomic E-state index is 0.733. The minimum absolute atomic E-state index is 0.733. The normalized spacial score (nSPS) is 10.7. The molecule has 3 nitrogen and oxygen atoms in total. The summed E-state index contributed by atoms with van der Waals surface area (Å²) < 4.78 is 2.00. The van der Waals surface area contributed by atoms with E-state index in [1.807, 2.05) is 35.0 Å². The van der Waals surface area contributed by atoms with Crippen molar-refractivity contribution in [2.75, 3.05) is 0 Å². The molecule has 0 amide bonds. The highest BCUT2D eigenvalue weighted by atomic mass is 35.5. The van der Waals surface area contributed by atoms with E-state index in [1.54, 1.807) is 23.9 Å². The maximum atomic E-state index is 5.98. The van der Waals surface area contributed by atoms with Crippen LogP contribution >= 0.6 is 22.9 Å². The topological polar surface area (TPSA) is 30.7 Å². The van der Waals surface area contributed by atoms with Gasteiger partial charge < -0.3 is 4.57 Å². The van der Waals surface area contributed by atoms with Gasteiger partial charge in [-0.15, -0.1) is 11.3 Å². The average molecular weight is 276 g/mol. The minimum Gasteiger partial charge on any atom is -0.331 e. The van der Waals surface area contributed by atoms with Gasteiger partial charge in [0.1, 0.15) is 5.01 Å². The molecule has 0 saturated heterocycles. The van der Waals surface area contributed by atoms with Crippen LogP contribution < -0.4 is 0 Å². The predicted molar refractivity (Wildman–Crippen MR) is 73.9 cm³/mol. The lowest BCUT2D eigenvalue weighted by molar-refractivity contribution is 0.791. The molecule has 0 radical (unpaired) electrons. The Morgan fingerprint density at radius 2 is 2.28 bits per heavy atom. The van der Waals surface area contributed by atoms with E-state index in [-0.39, 0.29) is 0 Å². The molecule has 0 unspecified atom stereocenters. The summed E-state index contributed by atoms with van der Waals surface area (Å²) in [5, 5.41) is 3.84. The standard InChI is InChI=1S/C13H10ClN3S/c14-11-3-1-2-10(6-11)12-8-18-13(16-12)7-17-5-4-15-9-17/h1-6,8-9H,7H2. The van der Waals surface area contributed by atoms with Gasteiger partial charge in [0.15, 0.2) is 0 Å². The van der Waals surface area contributed by atoms with Gasteiger partial charge in [-0.25, -0.2) is 9.97 Å². The van der Waals surface area contributed by atoms with Gasteiger partial charge in [-0.3, -0.25) is 0 Å². The first-order valence-corrected chi connectivity index (χ1v) is 6.73. The van der Waals surface area contributed by atoms with E-state index in [1.165, 1.54) is 0 Å². The van der Waals surface area contributed by atoms with Crippen LogP contribution in [0.4, 0.5) is 0 Å². The second-order valence-corrected chi connectivity index (χ2v) is 5.25. The SMILES string of the molecule is Clc1cccc(-c2csc(Cn3ccnc3)n2)c1. The van der Waals surface area contributed by atoms with Crippen molar-refractivity contribution >= 4 is 22.9 Å². The third-order valence-corrected chi connectivity index (χ3v) is 3.62. The molecule has 0 fully saturated rings. The molecule has 2 heterocycles. The van der Waals surface area contributed by atoms with Crippen molar-refractivity contribution in [3.05, 3.63) is 58.4 Å².